The largest absolute Gasteiger partial charge is 0.416 e. The lowest BCUT2D eigenvalue weighted by Crippen LogP contribution is -2.24. The first-order valence-corrected chi connectivity index (χ1v) is 8.66. The van der Waals surface area contributed by atoms with E-state index in [9.17, 15) is 27.6 Å². The normalized spacial score (nSPS) is 13.5. The number of halogens is 3. The maximum Gasteiger partial charge on any atom is 0.416 e. The molecule has 0 radical (unpaired) electrons. The Hall–Kier alpha value is -3.95. The zero-order chi connectivity index (χ0) is 21.6. The molecule has 10 heteroatoms. The molecule has 0 aliphatic carbocycles. The number of amides is 3. The molecule has 0 spiro atoms. The van der Waals surface area contributed by atoms with E-state index in [1.165, 1.54) is 48.4 Å². The molecular formula is C20H13F3N4O3. The summed E-state index contributed by atoms with van der Waals surface area (Å²) in [6.07, 6.45) is -1.64. The van der Waals surface area contributed by atoms with Crippen LogP contribution in [0.1, 0.15) is 36.6 Å². The molecule has 0 atom stereocenters. The number of aromatic nitrogens is 2. The van der Waals surface area contributed by atoms with Crippen LogP contribution < -0.4 is 5.32 Å². The van der Waals surface area contributed by atoms with Crippen LogP contribution in [0, 0.1) is 0 Å². The predicted molar refractivity (Wildman–Crippen MR) is 99.4 cm³/mol. The number of anilines is 1. The van der Waals surface area contributed by atoms with Gasteiger partial charge in [0.2, 0.25) is 0 Å². The molecule has 2 heterocycles. The fourth-order valence-electron chi connectivity index (χ4n) is 3.12. The molecule has 1 aromatic heterocycles. The van der Waals surface area contributed by atoms with Gasteiger partial charge in [0.15, 0.2) is 0 Å². The van der Waals surface area contributed by atoms with Crippen LogP contribution in [0.5, 0.6) is 0 Å². The minimum Gasteiger partial charge on any atom is -0.320 e. The van der Waals surface area contributed by atoms with Crippen LogP contribution in [-0.2, 0) is 6.18 Å². The summed E-state index contributed by atoms with van der Waals surface area (Å²) >= 11 is 0. The van der Waals surface area contributed by atoms with Crippen molar-refractivity contribution in [1.82, 2.24) is 14.7 Å². The lowest BCUT2D eigenvalue weighted by atomic mass is 10.0. The highest BCUT2D eigenvalue weighted by Crippen LogP contribution is 2.33. The third kappa shape index (κ3) is 3.21. The molecule has 0 bridgehead atoms. The maximum atomic E-state index is 13.2. The van der Waals surface area contributed by atoms with Crippen molar-refractivity contribution in [3.63, 3.8) is 0 Å². The number of imide groups is 1. The first-order valence-electron chi connectivity index (χ1n) is 8.66. The molecular weight excluding hydrogens is 401 g/mol. The number of nitrogens with one attached hydrogen (secondary N) is 1. The second kappa shape index (κ2) is 6.83. The minimum absolute atomic E-state index is 0.0222. The van der Waals surface area contributed by atoms with E-state index in [2.05, 4.69) is 10.4 Å². The monoisotopic (exact) mass is 414 g/mol. The molecule has 30 heavy (non-hydrogen) atoms. The van der Waals surface area contributed by atoms with E-state index in [1.54, 1.807) is 6.07 Å². The van der Waals surface area contributed by atoms with Crippen molar-refractivity contribution < 1.29 is 27.6 Å². The predicted octanol–water partition coefficient (Wildman–Crippen LogP) is 3.37. The third-order valence-electron chi connectivity index (χ3n) is 4.68. The Kier molecular flexibility index (Phi) is 4.41. The average Bonchev–Trinajstić information content (AvgIpc) is 3.31. The van der Waals surface area contributed by atoms with Gasteiger partial charge in [0.25, 0.3) is 17.7 Å². The quantitative estimate of drug-likeness (QED) is 0.666. The van der Waals surface area contributed by atoms with E-state index in [0.29, 0.717) is 0 Å². The molecule has 1 aliphatic heterocycles. The fourth-order valence-corrected chi connectivity index (χ4v) is 3.12. The molecule has 0 saturated carbocycles. The molecule has 3 amide bonds. The number of fused-ring (bicyclic) bond motifs is 1. The van der Waals surface area contributed by atoms with Crippen molar-refractivity contribution in [2.45, 2.75) is 6.18 Å². The van der Waals surface area contributed by atoms with Crippen LogP contribution in [0.3, 0.4) is 0 Å². The van der Waals surface area contributed by atoms with E-state index in [0.717, 1.165) is 17.0 Å². The Labute approximate surface area is 167 Å². The molecule has 0 saturated heterocycles. The van der Waals surface area contributed by atoms with Crippen LogP contribution in [0.15, 0.2) is 54.9 Å². The molecule has 1 N–H and O–H groups in total. The highest BCUT2D eigenvalue weighted by Gasteiger charge is 2.34. The Morgan fingerprint density at radius 3 is 2.43 bits per heavy atom. The summed E-state index contributed by atoms with van der Waals surface area (Å²) in [4.78, 5) is 37.8. The summed E-state index contributed by atoms with van der Waals surface area (Å²) in [5.74, 6) is -1.78. The number of rotatable bonds is 3. The number of benzene rings is 2. The summed E-state index contributed by atoms with van der Waals surface area (Å²) in [5.41, 5.74) is -0.576. The van der Waals surface area contributed by atoms with Gasteiger partial charge in [-0.25, -0.2) is 4.68 Å². The SMILES string of the molecule is CN1C(=O)c2ccc(C(=O)Nc3cc(C(F)(F)F)ccc3-n3cccn3)cc2C1=O. The van der Waals surface area contributed by atoms with E-state index in [4.69, 9.17) is 0 Å². The minimum atomic E-state index is -4.60. The third-order valence-corrected chi connectivity index (χ3v) is 4.68. The Morgan fingerprint density at radius 1 is 1.03 bits per heavy atom. The van der Waals surface area contributed by atoms with Crippen molar-refractivity contribution >= 4 is 23.4 Å². The lowest BCUT2D eigenvalue weighted by molar-refractivity contribution is -0.137. The van der Waals surface area contributed by atoms with Gasteiger partial charge < -0.3 is 5.32 Å². The van der Waals surface area contributed by atoms with Gasteiger partial charge in [-0.1, -0.05) is 0 Å². The number of nitrogens with zero attached hydrogens (tertiary/aromatic N) is 3. The van der Waals surface area contributed by atoms with Crippen LogP contribution in [0.25, 0.3) is 5.69 Å². The molecule has 0 fully saturated rings. The van der Waals surface area contributed by atoms with E-state index in [-0.39, 0.29) is 28.1 Å². The number of carbonyl (C=O) groups is 3. The number of carbonyl (C=O) groups excluding carboxylic acids is 3. The highest BCUT2D eigenvalue weighted by atomic mass is 19.4. The number of hydrogen-bond donors (Lipinski definition) is 1. The van der Waals surface area contributed by atoms with E-state index < -0.39 is 29.5 Å². The average molecular weight is 414 g/mol. The molecule has 152 valence electrons. The zero-order valence-electron chi connectivity index (χ0n) is 15.4. The van der Waals surface area contributed by atoms with Crippen molar-refractivity contribution in [3.05, 3.63) is 77.1 Å². The van der Waals surface area contributed by atoms with Crippen molar-refractivity contribution in [2.24, 2.45) is 0 Å². The zero-order valence-corrected chi connectivity index (χ0v) is 15.4. The molecule has 2 aromatic carbocycles. The van der Waals surface area contributed by atoms with Crippen LogP contribution >= 0.6 is 0 Å². The van der Waals surface area contributed by atoms with Crippen molar-refractivity contribution in [1.29, 1.82) is 0 Å². The number of hydrogen-bond acceptors (Lipinski definition) is 4. The van der Waals surface area contributed by atoms with Crippen LogP contribution in [-0.4, -0.2) is 39.4 Å². The Bertz CT molecular complexity index is 1190. The van der Waals surface area contributed by atoms with Crippen molar-refractivity contribution in [3.8, 4) is 5.69 Å². The molecule has 3 aromatic rings. The first kappa shape index (κ1) is 19.4. The number of alkyl halides is 3. The topological polar surface area (TPSA) is 84.3 Å². The Balaban J connectivity index is 1.71. The maximum absolute atomic E-state index is 13.2. The van der Waals surface area contributed by atoms with E-state index >= 15 is 0 Å². The molecule has 7 nitrogen and oxygen atoms in total. The summed E-state index contributed by atoms with van der Waals surface area (Å²) < 4.78 is 40.8. The van der Waals surface area contributed by atoms with Crippen molar-refractivity contribution in [2.75, 3.05) is 12.4 Å². The summed E-state index contributed by atoms with van der Waals surface area (Å²) in [6.45, 7) is 0. The van der Waals surface area contributed by atoms with Gasteiger partial charge in [0.05, 0.1) is 28.1 Å². The smallest absolute Gasteiger partial charge is 0.320 e. The summed E-state index contributed by atoms with van der Waals surface area (Å²) in [5, 5.41) is 6.44. The molecule has 0 unspecified atom stereocenters. The fraction of sp³-hybridized carbons (Fsp3) is 0.100. The van der Waals surface area contributed by atoms with Gasteiger partial charge in [-0.3, -0.25) is 19.3 Å². The second-order valence-corrected chi connectivity index (χ2v) is 6.56. The van der Waals surface area contributed by atoms with Crippen LogP contribution in [0.4, 0.5) is 18.9 Å². The second-order valence-electron chi connectivity index (χ2n) is 6.56. The summed E-state index contributed by atoms with van der Waals surface area (Å²) in [6, 6.07) is 8.41. The van der Waals surface area contributed by atoms with Gasteiger partial charge in [0, 0.05) is 25.0 Å². The lowest BCUT2D eigenvalue weighted by Gasteiger charge is -2.15. The van der Waals surface area contributed by atoms with Gasteiger partial charge in [0.1, 0.15) is 0 Å². The van der Waals surface area contributed by atoms with Gasteiger partial charge >= 0.3 is 6.18 Å². The van der Waals surface area contributed by atoms with Gasteiger partial charge in [-0.05, 0) is 42.5 Å². The highest BCUT2D eigenvalue weighted by molar-refractivity contribution is 6.22. The first-order chi connectivity index (χ1) is 14.2. The van der Waals surface area contributed by atoms with Gasteiger partial charge in [-0.2, -0.15) is 18.3 Å². The summed E-state index contributed by atoms with van der Waals surface area (Å²) in [7, 11) is 1.32. The van der Waals surface area contributed by atoms with Crippen LogP contribution in [0.2, 0.25) is 0 Å². The standard InChI is InChI=1S/C20H13F3N4O3/c1-26-18(29)13-5-3-11(9-14(13)19(26)30)17(28)25-15-10-12(20(21,22)23)4-6-16(15)27-8-2-7-24-27/h2-10H,1H3,(H,25,28). The molecule has 1 aliphatic rings. The molecule has 4 rings (SSSR count). The van der Waals surface area contributed by atoms with E-state index in [1.807, 2.05) is 0 Å². The van der Waals surface area contributed by atoms with Gasteiger partial charge in [-0.15, -0.1) is 0 Å². The Morgan fingerprint density at radius 2 is 1.77 bits per heavy atom.